The molecule has 2 heterocycles. The molecule has 1 amide bonds. The molecule has 1 saturated heterocycles. The van der Waals surface area contributed by atoms with Crippen LogP contribution in [0.5, 0.6) is 0 Å². The number of nitrogens with zero attached hydrogens (tertiary/aromatic N) is 1. The zero-order valence-electron chi connectivity index (χ0n) is 12.3. The number of hydrogen-bond acceptors (Lipinski definition) is 3. The largest absolute Gasteiger partial charge is 0.357 e. The molecule has 1 aliphatic heterocycles. The third-order valence-corrected chi connectivity index (χ3v) is 5.23. The smallest absolute Gasteiger partial charge is 0.270 e. The lowest BCUT2D eigenvalue weighted by atomic mass is 9.62. The van der Waals surface area contributed by atoms with E-state index in [0.717, 1.165) is 38.6 Å². The highest BCUT2D eigenvalue weighted by molar-refractivity contribution is 5.92. The Bertz CT molecular complexity index is 571. The minimum atomic E-state index is -0.136. The third-order valence-electron chi connectivity index (χ3n) is 5.23. The Morgan fingerprint density at radius 3 is 2.81 bits per heavy atom. The predicted molar refractivity (Wildman–Crippen MR) is 81.1 cm³/mol. The summed E-state index contributed by atoms with van der Waals surface area (Å²) < 4.78 is 0. The van der Waals surface area contributed by atoms with Gasteiger partial charge in [0.1, 0.15) is 5.69 Å². The summed E-state index contributed by atoms with van der Waals surface area (Å²) in [5.41, 5.74) is 6.38. The summed E-state index contributed by atoms with van der Waals surface area (Å²) in [7, 11) is 0. The normalized spacial score (nSPS) is 24.4. The van der Waals surface area contributed by atoms with Gasteiger partial charge in [-0.25, -0.2) is 0 Å². The number of piperidine rings is 1. The summed E-state index contributed by atoms with van der Waals surface area (Å²) in [6.07, 6.45) is 8.18. The Kier molecular flexibility index (Phi) is 3.85. The van der Waals surface area contributed by atoms with Crippen LogP contribution in [0.25, 0.3) is 0 Å². The Morgan fingerprint density at radius 1 is 1.38 bits per heavy atom. The Hall–Kier alpha value is -1.62. The molecular weight excluding hydrogens is 266 g/mol. The molecule has 5 heteroatoms. The van der Waals surface area contributed by atoms with Gasteiger partial charge in [0, 0.05) is 36.3 Å². The molecule has 0 bridgehead atoms. The molecule has 1 atom stereocenters. The van der Waals surface area contributed by atoms with Crippen LogP contribution in [0.3, 0.4) is 0 Å². The van der Waals surface area contributed by atoms with E-state index in [9.17, 15) is 9.59 Å². The molecule has 0 spiro atoms. The van der Waals surface area contributed by atoms with E-state index < -0.39 is 0 Å². The highest BCUT2D eigenvalue weighted by Gasteiger charge is 2.47. The molecule has 2 fully saturated rings. The number of rotatable bonds is 3. The predicted octanol–water partition coefficient (Wildman–Crippen LogP) is 1.50. The fourth-order valence-electron chi connectivity index (χ4n) is 3.84. The fraction of sp³-hybridized carbons (Fsp3) is 0.625. The summed E-state index contributed by atoms with van der Waals surface area (Å²) >= 11 is 0. The van der Waals surface area contributed by atoms with Crippen molar-refractivity contribution in [2.75, 3.05) is 13.1 Å². The molecule has 0 radical (unpaired) electrons. The van der Waals surface area contributed by atoms with Crippen molar-refractivity contribution in [3.63, 3.8) is 0 Å². The molecule has 3 rings (SSSR count). The Labute approximate surface area is 124 Å². The van der Waals surface area contributed by atoms with Crippen molar-refractivity contribution in [3.05, 3.63) is 34.2 Å². The van der Waals surface area contributed by atoms with Crippen molar-refractivity contribution < 1.29 is 4.79 Å². The van der Waals surface area contributed by atoms with Gasteiger partial charge in [-0.15, -0.1) is 0 Å². The second-order valence-corrected chi connectivity index (χ2v) is 6.37. The first-order valence-corrected chi connectivity index (χ1v) is 7.86. The molecule has 5 nitrogen and oxygen atoms in total. The van der Waals surface area contributed by atoms with Gasteiger partial charge >= 0.3 is 0 Å². The summed E-state index contributed by atoms with van der Waals surface area (Å²) in [5.74, 6) is -0.0582. The number of nitrogens with two attached hydrogens (primary N) is 1. The summed E-state index contributed by atoms with van der Waals surface area (Å²) in [5, 5.41) is 0. The summed E-state index contributed by atoms with van der Waals surface area (Å²) in [6.45, 7) is 1.41. The monoisotopic (exact) mass is 289 g/mol. The first kappa shape index (κ1) is 14.3. The van der Waals surface area contributed by atoms with Gasteiger partial charge in [-0.3, -0.25) is 9.59 Å². The van der Waals surface area contributed by atoms with Crippen molar-refractivity contribution in [2.45, 2.75) is 44.6 Å². The first-order chi connectivity index (χ1) is 10.2. The van der Waals surface area contributed by atoms with E-state index in [4.69, 9.17) is 5.73 Å². The van der Waals surface area contributed by atoms with E-state index in [1.54, 1.807) is 0 Å². The number of carbonyl (C=O) groups is 1. The second-order valence-electron chi connectivity index (χ2n) is 6.37. The van der Waals surface area contributed by atoms with Crippen LogP contribution in [0.1, 0.15) is 49.0 Å². The zero-order valence-corrected chi connectivity index (χ0v) is 12.3. The quantitative estimate of drug-likeness (QED) is 0.885. The van der Waals surface area contributed by atoms with E-state index in [0.29, 0.717) is 12.2 Å². The average molecular weight is 289 g/mol. The summed E-state index contributed by atoms with van der Waals surface area (Å²) in [6, 6.07) is 3.04. The van der Waals surface area contributed by atoms with E-state index >= 15 is 0 Å². The minimum Gasteiger partial charge on any atom is -0.357 e. The second kappa shape index (κ2) is 5.64. The molecular formula is C16H23N3O2. The van der Waals surface area contributed by atoms with Crippen molar-refractivity contribution in [3.8, 4) is 0 Å². The molecule has 1 unspecified atom stereocenters. The number of hydrogen-bond donors (Lipinski definition) is 2. The maximum Gasteiger partial charge on any atom is 0.270 e. The maximum absolute atomic E-state index is 12.8. The lowest BCUT2D eigenvalue weighted by Crippen LogP contribution is -2.58. The minimum absolute atomic E-state index is 0.0582. The van der Waals surface area contributed by atoms with Gasteiger partial charge in [-0.2, -0.15) is 0 Å². The number of aromatic amines is 1. The van der Waals surface area contributed by atoms with Crippen LogP contribution in [0.2, 0.25) is 0 Å². The molecule has 2 aliphatic rings. The van der Waals surface area contributed by atoms with Crippen molar-refractivity contribution >= 4 is 5.91 Å². The van der Waals surface area contributed by atoms with E-state index in [1.165, 1.54) is 24.8 Å². The van der Waals surface area contributed by atoms with E-state index in [-0.39, 0.29) is 22.8 Å². The van der Waals surface area contributed by atoms with Crippen LogP contribution < -0.4 is 11.2 Å². The number of likely N-dealkylation sites (tertiary alicyclic amines) is 1. The van der Waals surface area contributed by atoms with Crippen molar-refractivity contribution in [1.82, 2.24) is 9.88 Å². The lowest BCUT2D eigenvalue weighted by molar-refractivity contribution is -0.00907. The van der Waals surface area contributed by atoms with E-state index in [1.807, 2.05) is 4.90 Å². The number of H-pyrrole nitrogens is 1. The molecule has 21 heavy (non-hydrogen) atoms. The van der Waals surface area contributed by atoms with Crippen LogP contribution in [0.4, 0.5) is 0 Å². The molecule has 0 aromatic carbocycles. The van der Waals surface area contributed by atoms with Gasteiger partial charge in [0.25, 0.3) is 5.91 Å². The maximum atomic E-state index is 12.8. The average Bonchev–Trinajstić information content (AvgIpc) is 2.47. The highest BCUT2D eigenvalue weighted by Crippen LogP contribution is 2.47. The van der Waals surface area contributed by atoms with Gasteiger partial charge < -0.3 is 15.6 Å². The number of aromatic nitrogens is 1. The van der Waals surface area contributed by atoms with Crippen LogP contribution in [0, 0.1) is 5.41 Å². The van der Waals surface area contributed by atoms with Crippen LogP contribution in [-0.2, 0) is 0 Å². The molecule has 3 N–H and O–H groups in total. The third kappa shape index (κ3) is 2.50. The SMILES string of the molecule is NCC1(C2CCCCN2C(=O)c2cc(=O)cc[nH]2)CCC1. The summed E-state index contributed by atoms with van der Waals surface area (Å²) in [4.78, 5) is 29.1. The molecule has 1 aliphatic carbocycles. The number of pyridine rings is 1. The van der Waals surface area contributed by atoms with Gasteiger partial charge in [0.15, 0.2) is 5.43 Å². The molecule has 1 aromatic heterocycles. The Balaban J connectivity index is 1.87. The standard InChI is InChI=1S/C16H23N3O2/c17-11-16(6-3-7-16)14-4-1-2-9-19(14)15(21)13-10-12(20)5-8-18-13/h5,8,10,14H,1-4,6-7,9,11,17H2,(H,18,20). The first-order valence-electron chi connectivity index (χ1n) is 7.86. The van der Waals surface area contributed by atoms with Crippen LogP contribution >= 0.6 is 0 Å². The van der Waals surface area contributed by atoms with Crippen LogP contribution in [-0.4, -0.2) is 34.9 Å². The van der Waals surface area contributed by atoms with Gasteiger partial charge in [-0.1, -0.05) is 6.42 Å². The molecule has 1 aromatic rings. The highest BCUT2D eigenvalue weighted by atomic mass is 16.2. The van der Waals surface area contributed by atoms with Gasteiger partial charge in [-0.05, 0) is 38.6 Å². The number of carbonyl (C=O) groups excluding carboxylic acids is 1. The topological polar surface area (TPSA) is 79.2 Å². The number of nitrogens with one attached hydrogen (secondary N) is 1. The lowest BCUT2D eigenvalue weighted by Gasteiger charge is -2.53. The number of amides is 1. The fourth-order valence-corrected chi connectivity index (χ4v) is 3.84. The molecule has 114 valence electrons. The van der Waals surface area contributed by atoms with Crippen LogP contribution in [0.15, 0.2) is 23.1 Å². The zero-order chi connectivity index (χ0) is 14.9. The van der Waals surface area contributed by atoms with Crippen molar-refractivity contribution in [2.24, 2.45) is 11.1 Å². The Morgan fingerprint density at radius 2 is 2.19 bits per heavy atom. The molecule has 1 saturated carbocycles. The van der Waals surface area contributed by atoms with Gasteiger partial charge in [0.05, 0.1) is 0 Å². The van der Waals surface area contributed by atoms with Gasteiger partial charge in [0.2, 0.25) is 0 Å². The van der Waals surface area contributed by atoms with Crippen molar-refractivity contribution in [1.29, 1.82) is 0 Å². The van der Waals surface area contributed by atoms with E-state index in [2.05, 4.69) is 4.98 Å².